The molecule has 0 saturated carbocycles. The summed E-state index contributed by atoms with van der Waals surface area (Å²) in [7, 11) is 0. The van der Waals surface area contributed by atoms with Crippen LogP contribution in [0.15, 0.2) is 23.4 Å². The van der Waals surface area contributed by atoms with Gasteiger partial charge in [-0.15, -0.1) is 24.0 Å². The normalized spacial score (nSPS) is 22.7. The SMILES string of the molecule is CCN1C(C)=CC(C)=CC1C.I. The Kier molecular flexibility index (Phi) is 4.90. The maximum atomic E-state index is 2.40. The average Bonchev–Trinajstić information content (AvgIpc) is 1.85. The van der Waals surface area contributed by atoms with E-state index in [-0.39, 0.29) is 24.0 Å². The molecule has 12 heavy (non-hydrogen) atoms. The minimum absolute atomic E-state index is 0. The summed E-state index contributed by atoms with van der Waals surface area (Å²) in [6.45, 7) is 9.88. The lowest BCUT2D eigenvalue weighted by molar-refractivity contribution is 0.318. The highest BCUT2D eigenvalue weighted by atomic mass is 127. The third-order valence-corrected chi connectivity index (χ3v) is 2.23. The average molecular weight is 279 g/mol. The summed E-state index contributed by atoms with van der Waals surface area (Å²) < 4.78 is 0. The van der Waals surface area contributed by atoms with E-state index in [2.05, 4.69) is 44.7 Å². The highest BCUT2D eigenvalue weighted by molar-refractivity contribution is 14.0. The maximum absolute atomic E-state index is 2.40. The van der Waals surface area contributed by atoms with E-state index in [1.807, 2.05) is 0 Å². The standard InChI is InChI=1S/C10H17N.HI/c1-5-11-9(3)6-8(2)7-10(11)4;/h6-7,9H,5H2,1-4H3;1H. The van der Waals surface area contributed by atoms with Gasteiger partial charge in [-0.2, -0.15) is 0 Å². The van der Waals surface area contributed by atoms with Crippen LogP contribution < -0.4 is 0 Å². The van der Waals surface area contributed by atoms with Crippen LogP contribution in [0.25, 0.3) is 0 Å². The third kappa shape index (κ3) is 2.51. The molecule has 0 aromatic rings. The van der Waals surface area contributed by atoms with Crippen LogP contribution >= 0.6 is 24.0 Å². The fourth-order valence-corrected chi connectivity index (χ4v) is 1.79. The monoisotopic (exact) mass is 279 g/mol. The van der Waals surface area contributed by atoms with Crippen molar-refractivity contribution in [3.63, 3.8) is 0 Å². The molecular weight excluding hydrogens is 261 g/mol. The summed E-state index contributed by atoms with van der Waals surface area (Å²) in [6.07, 6.45) is 4.54. The van der Waals surface area contributed by atoms with Gasteiger partial charge in [0, 0.05) is 18.3 Å². The van der Waals surface area contributed by atoms with Gasteiger partial charge in [-0.3, -0.25) is 0 Å². The zero-order valence-corrected chi connectivity index (χ0v) is 10.6. The van der Waals surface area contributed by atoms with Crippen LogP contribution in [0, 0.1) is 0 Å². The molecule has 0 amide bonds. The van der Waals surface area contributed by atoms with E-state index in [1.165, 1.54) is 11.3 Å². The quantitative estimate of drug-likeness (QED) is 0.666. The van der Waals surface area contributed by atoms with Crippen molar-refractivity contribution < 1.29 is 0 Å². The Labute approximate surface area is 92.5 Å². The molecule has 0 N–H and O–H groups in total. The van der Waals surface area contributed by atoms with Crippen LogP contribution in [0.2, 0.25) is 0 Å². The first-order valence-corrected chi connectivity index (χ1v) is 4.28. The van der Waals surface area contributed by atoms with Crippen molar-refractivity contribution in [3.8, 4) is 0 Å². The molecule has 1 aliphatic rings. The molecule has 1 nitrogen and oxygen atoms in total. The largest absolute Gasteiger partial charge is 0.369 e. The smallest absolute Gasteiger partial charge is 0.0447 e. The van der Waals surface area contributed by atoms with Crippen molar-refractivity contribution >= 4 is 24.0 Å². The van der Waals surface area contributed by atoms with Crippen molar-refractivity contribution in [2.75, 3.05) is 6.54 Å². The fraction of sp³-hybridized carbons (Fsp3) is 0.600. The Hall–Kier alpha value is 0.01000. The minimum Gasteiger partial charge on any atom is -0.369 e. The summed E-state index contributed by atoms with van der Waals surface area (Å²) >= 11 is 0. The van der Waals surface area contributed by atoms with Crippen molar-refractivity contribution in [1.82, 2.24) is 4.90 Å². The number of likely N-dealkylation sites (N-methyl/N-ethyl adjacent to an activating group) is 1. The molecule has 0 aromatic carbocycles. The number of halogens is 1. The lowest BCUT2D eigenvalue weighted by atomic mass is 10.1. The molecule has 0 spiro atoms. The Bertz CT molecular complexity index is 206. The van der Waals surface area contributed by atoms with Gasteiger partial charge in [0.05, 0.1) is 0 Å². The Morgan fingerprint density at radius 2 is 2.00 bits per heavy atom. The number of hydrogen-bond donors (Lipinski definition) is 0. The van der Waals surface area contributed by atoms with Crippen LogP contribution in [-0.2, 0) is 0 Å². The zero-order chi connectivity index (χ0) is 8.43. The minimum atomic E-state index is 0. The summed E-state index contributed by atoms with van der Waals surface area (Å²) in [5.41, 5.74) is 2.78. The second-order valence-electron chi connectivity index (χ2n) is 3.22. The van der Waals surface area contributed by atoms with E-state index in [9.17, 15) is 0 Å². The lowest BCUT2D eigenvalue weighted by Gasteiger charge is -2.32. The summed E-state index contributed by atoms with van der Waals surface area (Å²) in [5.74, 6) is 0. The fourth-order valence-electron chi connectivity index (χ4n) is 1.79. The Morgan fingerprint density at radius 3 is 2.42 bits per heavy atom. The first-order chi connectivity index (χ1) is 5.15. The van der Waals surface area contributed by atoms with Crippen LogP contribution in [-0.4, -0.2) is 17.5 Å². The highest BCUT2D eigenvalue weighted by Crippen LogP contribution is 2.18. The third-order valence-electron chi connectivity index (χ3n) is 2.23. The molecule has 2 heteroatoms. The topological polar surface area (TPSA) is 3.24 Å². The van der Waals surface area contributed by atoms with Crippen LogP contribution in [0.4, 0.5) is 0 Å². The predicted molar refractivity (Wildman–Crippen MR) is 64.8 cm³/mol. The second kappa shape index (κ2) is 4.90. The predicted octanol–water partition coefficient (Wildman–Crippen LogP) is 3.18. The molecule has 1 atom stereocenters. The van der Waals surface area contributed by atoms with E-state index in [1.54, 1.807) is 0 Å². The molecule has 70 valence electrons. The van der Waals surface area contributed by atoms with Gasteiger partial charge in [0.25, 0.3) is 0 Å². The molecule has 1 heterocycles. The molecule has 0 radical (unpaired) electrons. The molecule has 0 bridgehead atoms. The van der Waals surface area contributed by atoms with Gasteiger partial charge in [0.2, 0.25) is 0 Å². The number of allylic oxidation sites excluding steroid dienone is 3. The molecule has 0 aliphatic carbocycles. The number of nitrogens with zero attached hydrogens (tertiary/aromatic N) is 1. The zero-order valence-electron chi connectivity index (χ0n) is 8.29. The Morgan fingerprint density at radius 1 is 1.42 bits per heavy atom. The van der Waals surface area contributed by atoms with Crippen LogP contribution in [0.1, 0.15) is 27.7 Å². The van der Waals surface area contributed by atoms with Gasteiger partial charge in [0.15, 0.2) is 0 Å². The van der Waals surface area contributed by atoms with Gasteiger partial charge < -0.3 is 4.90 Å². The maximum Gasteiger partial charge on any atom is 0.0447 e. The highest BCUT2D eigenvalue weighted by Gasteiger charge is 2.13. The summed E-state index contributed by atoms with van der Waals surface area (Å²) in [5, 5.41) is 0. The molecule has 1 aliphatic heterocycles. The molecular formula is C10H18IN. The second-order valence-corrected chi connectivity index (χ2v) is 3.22. The van der Waals surface area contributed by atoms with Gasteiger partial charge in [-0.05, 0) is 33.8 Å². The molecule has 0 fully saturated rings. The lowest BCUT2D eigenvalue weighted by Crippen LogP contribution is -2.31. The van der Waals surface area contributed by atoms with Crippen LogP contribution in [0.5, 0.6) is 0 Å². The van der Waals surface area contributed by atoms with E-state index < -0.39 is 0 Å². The van der Waals surface area contributed by atoms with Gasteiger partial charge >= 0.3 is 0 Å². The van der Waals surface area contributed by atoms with Crippen molar-refractivity contribution in [3.05, 3.63) is 23.4 Å². The Balaban J connectivity index is 0.00000121. The van der Waals surface area contributed by atoms with Gasteiger partial charge in [-0.1, -0.05) is 11.6 Å². The number of hydrogen-bond acceptors (Lipinski definition) is 1. The first-order valence-electron chi connectivity index (χ1n) is 4.28. The van der Waals surface area contributed by atoms with Gasteiger partial charge in [-0.25, -0.2) is 0 Å². The van der Waals surface area contributed by atoms with Gasteiger partial charge in [0.1, 0.15) is 0 Å². The van der Waals surface area contributed by atoms with Crippen molar-refractivity contribution in [1.29, 1.82) is 0 Å². The van der Waals surface area contributed by atoms with E-state index >= 15 is 0 Å². The summed E-state index contributed by atoms with van der Waals surface area (Å²) in [4.78, 5) is 2.40. The van der Waals surface area contributed by atoms with Crippen LogP contribution in [0.3, 0.4) is 0 Å². The number of rotatable bonds is 1. The van der Waals surface area contributed by atoms with Crippen molar-refractivity contribution in [2.45, 2.75) is 33.7 Å². The van der Waals surface area contributed by atoms with E-state index in [4.69, 9.17) is 0 Å². The first kappa shape index (κ1) is 12.0. The molecule has 1 unspecified atom stereocenters. The molecule has 0 aromatic heterocycles. The van der Waals surface area contributed by atoms with Crippen molar-refractivity contribution in [2.24, 2.45) is 0 Å². The van der Waals surface area contributed by atoms with E-state index in [0.717, 1.165) is 6.54 Å². The van der Waals surface area contributed by atoms with E-state index in [0.29, 0.717) is 6.04 Å². The summed E-state index contributed by atoms with van der Waals surface area (Å²) in [6, 6.07) is 0.574. The molecule has 0 saturated heterocycles. The molecule has 1 rings (SSSR count).